The van der Waals surface area contributed by atoms with E-state index in [-0.39, 0.29) is 5.69 Å². The van der Waals surface area contributed by atoms with Gasteiger partial charge in [-0.1, -0.05) is 12.1 Å². The first kappa shape index (κ1) is 13.0. The molecular formula is C14H14F3N3. The minimum Gasteiger partial charge on any atom is -0.382 e. The van der Waals surface area contributed by atoms with Crippen LogP contribution in [0.15, 0.2) is 24.3 Å². The van der Waals surface area contributed by atoms with Crippen LogP contribution in [0.4, 0.5) is 19.0 Å². The summed E-state index contributed by atoms with van der Waals surface area (Å²) in [5, 5.41) is 4.13. The minimum absolute atomic E-state index is 0.0508. The molecular weight excluding hydrogens is 267 g/mol. The maximum absolute atomic E-state index is 13.1. The van der Waals surface area contributed by atoms with E-state index in [0.717, 1.165) is 36.6 Å². The van der Waals surface area contributed by atoms with E-state index in [1.807, 2.05) is 0 Å². The maximum atomic E-state index is 13.1. The molecule has 0 saturated heterocycles. The van der Waals surface area contributed by atoms with Crippen LogP contribution in [0.1, 0.15) is 29.7 Å². The van der Waals surface area contributed by atoms with E-state index in [9.17, 15) is 13.2 Å². The molecule has 2 aromatic rings. The first-order valence-corrected chi connectivity index (χ1v) is 6.51. The van der Waals surface area contributed by atoms with Crippen molar-refractivity contribution in [2.75, 3.05) is 5.73 Å². The third-order valence-corrected chi connectivity index (χ3v) is 3.65. The predicted molar refractivity (Wildman–Crippen MR) is 69.6 cm³/mol. The Balaban J connectivity index is 2.20. The minimum atomic E-state index is -4.40. The molecule has 1 heterocycles. The van der Waals surface area contributed by atoms with Crippen LogP contribution < -0.4 is 5.73 Å². The SMILES string of the molecule is Nc1nn(-c2ccccc2C(F)(F)F)c2c1CCCC2. The van der Waals surface area contributed by atoms with Gasteiger partial charge in [0.1, 0.15) is 5.82 Å². The molecule has 3 rings (SSSR count). The molecule has 6 heteroatoms. The second-order valence-electron chi connectivity index (χ2n) is 4.94. The van der Waals surface area contributed by atoms with Gasteiger partial charge in [-0.2, -0.15) is 18.3 Å². The Kier molecular flexibility index (Phi) is 2.96. The molecule has 1 aromatic heterocycles. The lowest BCUT2D eigenvalue weighted by Crippen LogP contribution is -2.14. The average molecular weight is 281 g/mol. The summed E-state index contributed by atoms with van der Waals surface area (Å²) in [4.78, 5) is 0. The van der Waals surface area contributed by atoms with Crippen LogP contribution in [0, 0.1) is 0 Å². The number of nitrogens with zero attached hydrogens (tertiary/aromatic N) is 2. The maximum Gasteiger partial charge on any atom is 0.418 e. The molecule has 0 radical (unpaired) electrons. The van der Waals surface area contributed by atoms with Gasteiger partial charge in [0.25, 0.3) is 0 Å². The first-order valence-electron chi connectivity index (χ1n) is 6.51. The molecule has 106 valence electrons. The van der Waals surface area contributed by atoms with E-state index >= 15 is 0 Å². The normalized spacial score (nSPS) is 15.2. The molecule has 1 aromatic carbocycles. The van der Waals surface area contributed by atoms with Gasteiger partial charge in [-0.3, -0.25) is 0 Å². The lowest BCUT2D eigenvalue weighted by atomic mass is 9.97. The summed E-state index contributed by atoms with van der Waals surface area (Å²) in [5.41, 5.74) is 6.92. The molecule has 0 spiro atoms. The van der Waals surface area contributed by atoms with Gasteiger partial charge < -0.3 is 5.73 Å². The summed E-state index contributed by atoms with van der Waals surface area (Å²) in [7, 11) is 0. The average Bonchev–Trinajstić information content (AvgIpc) is 2.76. The van der Waals surface area contributed by atoms with E-state index in [1.165, 1.54) is 16.8 Å². The van der Waals surface area contributed by atoms with Crippen molar-refractivity contribution in [3.05, 3.63) is 41.1 Å². The van der Waals surface area contributed by atoms with Crippen molar-refractivity contribution in [3.63, 3.8) is 0 Å². The van der Waals surface area contributed by atoms with Crippen LogP contribution in [0.25, 0.3) is 5.69 Å². The first-order chi connectivity index (χ1) is 9.48. The molecule has 0 atom stereocenters. The van der Waals surface area contributed by atoms with Crippen LogP contribution >= 0.6 is 0 Å². The van der Waals surface area contributed by atoms with Crippen molar-refractivity contribution in [1.29, 1.82) is 0 Å². The monoisotopic (exact) mass is 281 g/mol. The van der Waals surface area contributed by atoms with E-state index < -0.39 is 11.7 Å². The van der Waals surface area contributed by atoms with E-state index in [2.05, 4.69) is 5.10 Å². The van der Waals surface area contributed by atoms with Crippen LogP contribution in [-0.2, 0) is 19.0 Å². The van der Waals surface area contributed by atoms with Crippen molar-refractivity contribution in [2.24, 2.45) is 0 Å². The number of anilines is 1. The highest BCUT2D eigenvalue weighted by Gasteiger charge is 2.35. The molecule has 20 heavy (non-hydrogen) atoms. The molecule has 0 saturated carbocycles. The number of alkyl halides is 3. The molecule has 0 fully saturated rings. The Morgan fingerprint density at radius 1 is 1.10 bits per heavy atom. The molecule has 1 aliphatic rings. The van der Waals surface area contributed by atoms with Gasteiger partial charge in [0.2, 0.25) is 0 Å². The third kappa shape index (κ3) is 2.05. The fourth-order valence-corrected chi connectivity index (χ4v) is 2.72. The molecule has 3 nitrogen and oxygen atoms in total. The number of halogens is 3. The largest absolute Gasteiger partial charge is 0.418 e. The zero-order chi connectivity index (χ0) is 14.3. The van der Waals surface area contributed by atoms with Gasteiger partial charge in [0.15, 0.2) is 0 Å². The molecule has 2 N–H and O–H groups in total. The summed E-state index contributed by atoms with van der Waals surface area (Å²) in [5.74, 6) is 0.344. The molecule has 0 aliphatic heterocycles. The summed E-state index contributed by atoms with van der Waals surface area (Å²) in [6.07, 6.45) is -0.948. The highest BCUT2D eigenvalue weighted by Crippen LogP contribution is 2.36. The van der Waals surface area contributed by atoms with Gasteiger partial charge in [-0.05, 0) is 37.8 Å². The standard InChI is InChI=1S/C14H14F3N3/c15-14(16,17)10-6-2-4-8-12(10)20-11-7-3-1-5-9(11)13(18)19-20/h2,4,6,8H,1,3,5,7H2,(H2,18,19). The van der Waals surface area contributed by atoms with E-state index in [1.54, 1.807) is 6.07 Å². The topological polar surface area (TPSA) is 43.8 Å². The zero-order valence-electron chi connectivity index (χ0n) is 10.7. The molecule has 0 amide bonds. The Bertz CT molecular complexity index is 644. The number of nitrogen functional groups attached to an aromatic ring is 1. The van der Waals surface area contributed by atoms with Gasteiger partial charge in [-0.15, -0.1) is 0 Å². The predicted octanol–water partition coefficient (Wildman–Crippen LogP) is 3.35. The fraction of sp³-hybridized carbons (Fsp3) is 0.357. The highest BCUT2D eigenvalue weighted by atomic mass is 19.4. The van der Waals surface area contributed by atoms with E-state index in [0.29, 0.717) is 12.2 Å². The van der Waals surface area contributed by atoms with Gasteiger partial charge in [-0.25, -0.2) is 4.68 Å². The quantitative estimate of drug-likeness (QED) is 0.871. The van der Waals surface area contributed by atoms with Crippen LogP contribution in [0.5, 0.6) is 0 Å². The summed E-state index contributed by atoms with van der Waals surface area (Å²) < 4.78 is 40.7. The number of nitrogens with two attached hydrogens (primary N) is 1. The molecule has 0 unspecified atom stereocenters. The van der Waals surface area contributed by atoms with Gasteiger partial charge in [0, 0.05) is 11.3 Å². The van der Waals surface area contributed by atoms with Crippen molar-refractivity contribution < 1.29 is 13.2 Å². The lowest BCUT2D eigenvalue weighted by molar-refractivity contribution is -0.137. The smallest absolute Gasteiger partial charge is 0.382 e. The van der Waals surface area contributed by atoms with Crippen LogP contribution in [0.2, 0.25) is 0 Å². The molecule has 0 bridgehead atoms. The Hall–Kier alpha value is -1.98. The fourth-order valence-electron chi connectivity index (χ4n) is 2.72. The van der Waals surface area contributed by atoms with Crippen molar-refractivity contribution in [2.45, 2.75) is 31.9 Å². The lowest BCUT2D eigenvalue weighted by Gasteiger charge is -2.17. The number of fused-ring (bicyclic) bond motifs is 1. The van der Waals surface area contributed by atoms with Crippen LogP contribution in [0.3, 0.4) is 0 Å². The Morgan fingerprint density at radius 3 is 2.55 bits per heavy atom. The van der Waals surface area contributed by atoms with Crippen LogP contribution in [-0.4, -0.2) is 9.78 Å². The zero-order valence-corrected chi connectivity index (χ0v) is 10.7. The van der Waals surface area contributed by atoms with Crippen molar-refractivity contribution >= 4 is 5.82 Å². The summed E-state index contributed by atoms with van der Waals surface area (Å²) in [6.45, 7) is 0. The number of aromatic nitrogens is 2. The number of rotatable bonds is 1. The second kappa shape index (κ2) is 4.54. The highest BCUT2D eigenvalue weighted by molar-refractivity contribution is 5.51. The molecule has 1 aliphatic carbocycles. The van der Waals surface area contributed by atoms with Crippen molar-refractivity contribution in [3.8, 4) is 5.69 Å². The summed E-state index contributed by atoms with van der Waals surface area (Å²) >= 11 is 0. The van der Waals surface area contributed by atoms with Gasteiger partial charge in [0.05, 0.1) is 11.3 Å². The number of hydrogen-bond acceptors (Lipinski definition) is 2. The number of benzene rings is 1. The summed E-state index contributed by atoms with van der Waals surface area (Å²) in [6, 6.07) is 5.47. The number of hydrogen-bond donors (Lipinski definition) is 1. The number of para-hydroxylation sites is 1. The Morgan fingerprint density at radius 2 is 1.80 bits per heavy atom. The van der Waals surface area contributed by atoms with Crippen molar-refractivity contribution in [1.82, 2.24) is 9.78 Å². The van der Waals surface area contributed by atoms with Gasteiger partial charge >= 0.3 is 6.18 Å². The second-order valence-corrected chi connectivity index (χ2v) is 4.94. The third-order valence-electron chi connectivity index (χ3n) is 3.65. The Labute approximate surface area is 114 Å². The van der Waals surface area contributed by atoms with E-state index in [4.69, 9.17) is 5.73 Å².